The van der Waals surface area contributed by atoms with Gasteiger partial charge < -0.3 is 119 Å². The molecule has 0 aromatic carbocycles. The monoisotopic (exact) mass is 1160 g/mol. The van der Waals surface area contributed by atoms with E-state index < -0.39 is 185 Å². The van der Waals surface area contributed by atoms with Crippen molar-refractivity contribution < 1.29 is 119 Å². The third kappa shape index (κ3) is 10.6. The fraction of sp³-hybridized carbons (Fsp3) is 0.965. The predicted molar refractivity (Wildman–Crippen MR) is 277 cm³/mol. The molecule has 5 saturated carbocycles. The molecule has 0 aromatic rings. The van der Waals surface area contributed by atoms with Gasteiger partial charge in [0.2, 0.25) is 0 Å². The molecule has 10 rings (SSSR count). The molecule has 5 aliphatic heterocycles. The largest absolute Gasteiger partial charge is 0.394 e. The second-order valence-electron chi connectivity index (χ2n) is 27.5. The average Bonchev–Trinajstić information content (AvgIpc) is 2.35. The molecule has 10 fully saturated rings. The number of allylic oxidation sites excluding steroid dienone is 1. The highest BCUT2D eigenvalue weighted by Gasteiger charge is 2.72. The first-order valence-corrected chi connectivity index (χ1v) is 29.6. The summed E-state index contributed by atoms with van der Waals surface area (Å²) in [7, 11) is 0. The Labute approximate surface area is 473 Å². The summed E-state index contributed by atoms with van der Waals surface area (Å²) in [6, 6.07) is 0. The average molecular weight is 1160 g/mol. The van der Waals surface area contributed by atoms with Crippen LogP contribution in [-0.2, 0) is 47.4 Å². The molecule has 33 unspecified atom stereocenters. The first kappa shape index (κ1) is 62.8. The van der Waals surface area contributed by atoms with Crippen LogP contribution in [0.2, 0.25) is 0 Å². The zero-order valence-electron chi connectivity index (χ0n) is 47.7. The van der Waals surface area contributed by atoms with E-state index in [1.807, 2.05) is 0 Å². The zero-order chi connectivity index (χ0) is 58.8. The molecule has 0 bridgehead atoms. The van der Waals surface area contributed by atoms with Gasteiger partial charge in [-0.15, -0.1) is 0 Å². The first-order chi connectivity index (χ1) is 38.0. The van der Waals surface area contributed by atoms with Crippen LogP contribution in [0.1, 0.15) is 106 Å². The highest BCUT2D eigenvalue weighted by molar-refractivity contribution is 5.22. The summed E-state index contributed by atoms with van der Waals surface area (Å²) in [4.78, 5) is 0. The van der Waals surface area contributed by atoms with Crippen LogP contribution in [0.5, 0.6) is 0 Å². The van der Waals surface area contributed by atoms with Gasteiger partial charge in [0.1, 0.15) is 97.7 Å². The lowest BCUT2D eigenvalue weighted by Gasteiger charge is -2.73. The number of hydrogen-bond acceptors (Lipinski definition) is 24. The number of ether oxygens (including phenoxy) is 10. The Balaban J connectivity index is 0.884. The van der Waals surface area contributed by atoms with E-state index in [1.165, 1.54) is 0 Å². The molecule has 10 aliphatic rings. The molecule has 24 heteroatoms. The van der Waals surface area contributed by atoms with Crippen LogP contribution in [0.4, 0.5) is 0 Å². The van der Waals surface area contributed by atoms with Gasteiger partial charge in [0.25, 0.3) is 0 Å². The first-order valence-electron chi connectivity index (χ1n) is 29.6. The van der Waals surface area contributed by atoms with Crippen LogP contribution >= 0.6 is 0 Å². The van der Waals surface area contributed by atoms with Crippen LogP contribution < -0.4 is 0 Å². The minimum absolute atomic E-state index is 0.0172. The number of hydrogen-bond donors (Lipinski definition) is 14. The summed E-state index contributed by atoms with van der Waals surface area (Å²) in [6.45, 7) is 17.9. The highest BCUT2D eigenvalue weighted by Crippen LogP contribution is 2.78. The quantitative estimate of drug-likeness (QED) is 0.0703. The molecule has 24 nitrogen and oxygen atoms in total. The van der Waals surface area contributed by atoms with E-state index in [0.29, 0.717) is 18.9 Å². The second-order valence-corrected chi connectivity index (χ2v) is 27.5. The van der Waals surface area contributed by atoms with Gasteiger partial charge in [-0.05, 0) is 128 Å². The number of aliphatic hydroxyl groups is 14. The molecule has 0 radical (unpaired) electrons. The van der Waals surface area contributed by atoms with Gasteiger partial charge in [-0.1, -0.05) is 46.8 Å². The highest BCUT2D eigenvalue weighted by atomic mass is 16.8. The van der Waals surface area contributed by atoms with E-state index in [4.69, 9.17) is 47.4 Å². The normalized spacial score (nSPS) is 56.4. The molecule has 5 heterocycles. The number of aliphatic hydroxyl groups excluding tert-OH is 14. The van der Waals surface area contributed by atoms with Crippen molar-refractivity contribution in [3.05, 3.63) is 12.2 Å². The predicted octanol–water partition coefficient (Wildman–Crippen LogP) is -1.97. The molecule has 14 N–H and O–H groups in total. The van der Waals surface area contributed by atoms with Crippen LogP contribution in [-0.4, -0.2) is 252 Å². The van der Waals surface area contributed by atoms with Gasteiger partial charge >= 0.3 is 0 Å². The Morgan fingerprint density at radius 2 is 1.12 bits per heavy atom. The Kier molecular flexibility index (Phi) is 18.1. The smallest absolute Gasteiger partial charge is 0.187 e. The SMILES string of the molecule is C=C(C)C1CCC2(COC3OC(C)C(O)C(O)C3O)CCC3(C)C(CCC4C5(C)CC(O)C(OC6OC(CO)C(OC7OCC(O)C(O)C7O)C(O)C6OC6OCC(OC7OCC(O)C(O)C7O)C(O)C6O)C(C)(C)C5CCC43C)C12. The number of fused-ring (bicyclic) bond motifs is 7. The Bertz CT molecular complexity index is 2180. The van der Waals surface area contributed by atoms with Gasteiger partial charge in [-0.25, -0.2) is 0 Å². The van der Waals surface area contributed by atoms with Gasteiger partial charge in [0, 0.05) is 0 Å². The van der Waals surface area contributed by atoms with Crippen molar-refractivity contribution in [1.29, 1.82) is 0 Å². The van der Waals surface area contributed by atoms with Crippen molar-refractivity contribution in [2.75, 3.05) is 33.0 Å². The zero-order valence-corrected chi connectivity index (χ0v) is 47.7. The van der Waals surface area contributed by atoms with Crippen LogP contribution in [0.25, 0.3) is 0 Å². The van der Waals surface area contributed by atoms with Crippen molar-refractivity contribution >= 4 is 0 Å². The van der Waals surface area contributed by atoms with Crippen molar-refractivity contribution in [3.8, 4) is 0 Å². The minimum atomic E-state index is -1.91. The maximum absolute atomic E-state index is 12.7. The lowest BCUT2D eigenvalue weighted by atomic mass is 9.32. The van der Waals surface area contributed by atoms with E-state index in [1.54, 1.807) is 6.92 Å². The minimum Gasteiger partial charge on any atom is -0.394 e. The summed E-state index contributed by atoms with van der Waals surface area (Å²) in [5.74, 6) is 0.958. The number of rotatable bonds is 13. The molecule has 0 aromatic heterocycles. The van der Waals surface area contributed by atoms with Gasteiger partial charge in [-0.3, -0.25) is 0 Å². The van der Waals surface area contributed by atoms with E-state index in [-0.39, 0.29) is 39.9 Å². The van der Waals surface area contributed by atoms with E-state index in [0.717, 1.165) is 56.9 Å². The molecule has 5 saturated heterocycles. The van der Waals surface area contributed by atoms with Crippen LogP contribution in [0.3, 0.4) is 0 Å². The third-order valence-electron chi connectivity index (χ3n) is 22.8. The van der Waals surface area contributed by atoms with Gasteiger partial charge in [-0.2, -0.15) is 0 Å². The van der Waals surface area contributed by atoms with Crippen molar-refractivity contribution in [1.82, 2.24) is 0 Å². The van der Waals surface area contributed by atoms with Crippen LogP contribution in [0.15, 0.2) is 12.2 Å². The molecule has 0 spiro atoms. The lowest BCUT2D eigenvalue weighted by Crippen LogP contribution is -2.70. The molecular formula is C57H94O24. The topological polar surface area (TPSA) is 376 Å². The molecule has 33 atom stereocenters. The van der Waals surface area contributed by atoms with Crippen molar-refractivity contribution in [2.24, 2.45) is 56.7 Å². The third-order valence-corrected chi connectivity index (χ3v) is 22.8. The second kappa shape index (κ2) is 23.4. The standard InChI is InChI=1S/C57H94O24/c1-23(2)25-11-14-57(22-75-51-43(70)39(66)35(62)24(3)76-51)16-15-55(7)26(34(25)57)9-10-33-54(6)17-27(59)47(53(4,5)32(54)12-13-56(33,55)8)81-52-46(44(71)45(30(18-58)77-52)79-49-41(68)37(64)29(61)20-73-49)80-50-42(69)38(65)31(21-74-50)78-48-40(67)36(63)28(60)19-72-48/h24-52,58-71H,1,9-22H2,2-8H3. The summed E-state index contributed by atoms with van der Waals surface area (Å²) in [6.07, 6.45) is -28.2. The Morgan fingerprint density at radius 3 is 1.75 bits per heavy atom. The Morgan fingerprint density at radius 1 is 0.531 bits per heavy atom. The molecule has 5 aliphatic carbocycles. The Hall–Kier alpha value is -1.22. The summed E-state index contributed by atoms with van der Waals surface area (Å²) < 4.78 is 60.5. The molecule has 81 heavy (non-hydrogen) atoms. The fourth-order valence-electron chi connectivity index (χ4n) is 18.2. The van der Waals surface area contributed by atoms with Gasteiger partial charge in [0.15, 0.2) is 31.5 Å². The molecule has 0 amide bonds. The lowest BCUT2D eigenvalue weighted by molar-refractivity contribution is -0.394. The molecular weight excluding hydrogens is 1070 g/mol. The summed E-state index contributed by atoms with van der Waals surface area (Å²) in [5.41, 5.74) is -0.562. The maximum Gasteiger partial charge on any atom is 0.187 e. The van der Waals surface area contributed by atoms with E-state index in [2.05, 4.69) is 48.1 Å². The summed E-state index contributed by atoms with van der Waals surface area (Å²) >= 11 is 0. The van der Waals surface area contributed by atoms with Gasteiger partial charge in [0.05, 0.1) is 51.3 Å². The maximum atomic E-state index is 12.7. The summed E-state index contributed by atoms with van der Waals surface area (Å²) in [5, 5.41) is 153. The van der Waals surface area contributed by atoms with Crippen molar-refractivity contribution in [2.45, 2.75) is 254 Å². The van der Waals surface area contributed by atoms with E-state index in [9.17, 15) is 71.5 Å². The van der Waals surface area contributed by atoms with Crippen molar-refractivity contribution in [3.63, 3.8) is 0 Å². The van der Waals surface area contributed by atoms with E-state index >= 15 is 0 Å². The molecule has 466 valence electrons. The van der Waals surface area contributed by atoms with Crippen LogP contribution in [0, 0.1) is 56.7 Å². The fourth-order valence-corrected chi connectivity index (χ4v) is 18.2.